The van der Waals surface area contributed by atoms with Crippen molar-refractivity contribution in [1.29, 1.82) is 0 Å². The van der Waals surface area contributed by atoms with Crippen LogP contribution >= 0.6 is 0 Å². The molecular formula is C22H19N. The van der Waals surface area contributed by atoms with Gasteiger partial charge in [-0.1, -0.05) is 62.3 Å². The zero-order valence-corrected chi connectivity index (χ0v) is 13.2. The SMILES string of the molecule is [2H]c1c([2H])c2cc(-c3cc(C([2H])(C)C)ccn3)ccc2c2ccccc12. The highest BCUT2D eigenvalue weighted by Gasteiger charge is 2.06. The summed E-state index contributed by atoms with van der Waals surface area (Å²) in [5.41, 5.74) is 2.57. The summed E-state index contributed by atoms with van der Waals surface area (Å²) in [6, 6.07) is 18.0. The Balaban J connectivity index is 1.97. The van der Waals surface area contributed by atoms with Gasteiger partial charge in [-0.15, -0.1) is 0 Å². The van der Waals surface area contributed by atoms with Crippen LogP contribution in [0.4, 0.5) is 0 Å². The lowest BCUT2D eigenvalue weighted by atomic mass is 9.97. The molecular weight excluding hydrogens is 278 g/mol. The molecule has 0 radical (unpaired) electrons. The van der Waals surface area contributed by atoms with Gasteiger partial charge < -0.3 is 0 Å². The number of pyridine rings is 1. The summed E-state index contributed by atoms with van der Waals surface area (Å²) in [6.45, 7) is 3.71. The van der Waals surface area contributed by atoms with Crippen LogP contribution in [0.5, 0.6) is 0 Å². The average Bonchev–Trinajstić information content (AvgIpc) is 2.65. The molecule has 1 heteroatoms. The molecule has 0 unspecified atom stereocenters. The molecule has 0 saturated carbocycles. The lowest BCUT2D eigenvalue weighted by molar-refractivity contribution is 0.864. The third-order valence-electron chi connectivity index (χ3n) is 4.20. The maximum Gasteiger partial charge on any atom is 0.0705 e. The van der Waals surface area contributed by atoms with Crippen molar-refractivity contribution in [2.45, 2.75) is 19.7 Å². The molecule has 23 heavy (non-hydrogen) atoms. The first-order valence-corrected chi connectivity index (χ1v) is 7.75. The quantitative estimate of drug-likeness (QED) is 0.403. The van der Waals surface area contributed by atoms with E-state index in [2.05, 4.69) is 4.98 Å². The van der Waals surface area contributed by atoms with Gasteiger partial charge in [0.25, 0.3) is 0 Å². The van der Waals surface area contributed by atoms with Gasteiger partial charge in [-0.05, 0) is 51.2 Å². The van der Waals surface area contributed by atoms with E-state index in [4.69, 9.17) is 4.11 Å². The smallest absolute Gasteiger partial charge is 0.0705 e. The van der Waals surface area contributed by atoms with E-state index in [9.17, 15) is 0 Å². The molecule has 0 N–H and O–H groups in total. The Kier molecular flexibility index (Phi) is 2.63. The number of fused-ring (bicyclic) bond motifs is 3. The molecule has 0 aliphatic rings. The summed E-state index contributed by atoms with van der Waals surface area (Å²) in [5, 5.41) is 3.52. The third kappa shape index (κ3) is 2.49. The average molecular weight is 300 g/mol. The summed E-state index contributed by atoms with van der Waals surface area (Å²) < 4.78 is 25.0. The Morgan fingerprint density at radius 2 is 1.70 bits per heavy atom. The van der Waals surface area contributed by atoms with E-state index in [0.717, 1.165) is 38.4 Å². The number of aromatic nitrogens is 1. The van der Waals surface area contributed by atoms with Crippen molar-refractivity contribution in [3.63, 3.8) is 0 Å². The van der Waals surface area contributed by atoms with E-state index in [0.29, 0.717) is 0 Å². The van der Waals surface area contributed by atoms with Crippen LogP contribution < -0.4 is 0 Å². The zero-order valence-electron chi connectivity index (χ0n) is 16.2. The van der Waals surface area contributed by atoms with Gasteiger partial charge >= 0.3 is 0 Å². The lowest BCUT2D eigenvalue weighted by Crippen LogP contribution is -1.90. The standard InChI is InChI=1S/C22H19N/c1-15(2)17-11-12-23-22(14-17)19-9-10-21-18(13-19)8-7-16-5-3-4-6-20(16)21/h3-15H,1-2H3/i7D,8D,15D. The third-order valence-corrected chi connectivity index (χ3v) is 4.20. The van der Waals surface area contributed by atoms with Gasteiger partial charge in [0, 0.05) is 13.1 Å². The second-order valence-corrected chi connectivity index (χ2v) is 5.99. The van der Waals surface area contributed by atoms with Gasteiger partial charge in [0.2, 0.25) is 0 Å². The number of benzene rings is 3. The maximum atomic E-state index is 8.43. The van der Waals surface area contributed by atoms with Gasteiger partial charge in [0.1, 0.15) is 0 Å². The fourth-order valence-corrected chi connectivity index (χ4v) is 2.90. The molecule has 0 spiro atoms. The Hall–Kier alpha value is -2.67. The Morgan fingerprint density at radius 1 is 0.913 bits per heavy atom. The van der Waals surface area contributed by atoms with Crippen LogP contribution in [0, 0.1) is 0 Å². The topological polar surface area (TPSA) is 12.9 Å². The molecule has 1 heterocycles. The van der Waals surface area contributed by atoms with E-state index >= 15 is 0 Å². The fourth-order valence-electron chi connectivity index (χ4n) is 2.90. The van der Waals surface area contributed by atoms with Crippen LogP contribution in [0.1, 0.15) is 29.4 Å². The van der Waals surface area contributed by atoms with Crippen molar-refractivity contribution in [2.75, 3.05) is 0 Å². The molecule has 1 aromatic heterocycles. The molecule has 0 bridgehead atoms. The van der Waals surface area contributed by atoms with Crippen LogP contribution in [0.2, 0.25) is 0 Å². The van der Waals surface area contributed by atoms with Crippen molar-refractivity contribution in [3.05, 3.63) is 78.4 Å². The Bertz CT molecular complexity index is 1140. The largest absolute Gasteiger partial charge is 0.256 e. The highest BCUT2D eigenvalue weighted by atomic mass is 14.7. The molecule has 112 valence electrons. The summed E-state index contributed by atoms with van der Waals surface area (Å²) in [5.74, 6) is -0.695. The maximum absolute atomic E-state index is 8.43. The monoisotopic (exact) mass is 300 g/mol. The van der Waals surface area contributed by atoms with E-state index in [1.165, 1.54) is 0 Å². The number of hydrogen-bond acceptors (Lipinski definition) is 1. The first-order valence-electron chi connectivity index (χ1n) is 9.25. The van der Waals surface area contributed by atoms with E-state index < -0.39 is 5.89 Å². The molecule has 3 aromatic carbocycles. The minimum absolute atomic E-state index is 0.234. The summed E-state index contributed by atoms with van der Waals surface area (Å²) in [6.07, 6.45) is 1.73. The van der Waals surface area contributed by atoms with Gasteiger partial charge in [-0.25, -0.2) is 0 Å². The minimum Gasteiger partial charge on any atom is -0.256 e. The molecule has 0 aliphatic carbocycles. The van der Waals surface area contributed by atoms with Crippen LogP contribution in [0.25, 0.3) is 32.8 Å². The first-order chi connectivity index (χ1) is 12.4. The number of nitrogens with zero attached hydrogens (tertiary/aromatic N) is 1. The van der Waals surface area contributed by atoms with Crippen LogP contribution in [-0.4, -0.2) is 4.98 Å². The van der Waals surface area contributed by atoms with Crippen molar-refractivity contribution in [3.8, 4) is 11.3 Å². The molecule has 0 fully saturated rings. The normalized spacial score (nSPS) is 13.7. The highest BCUT2D eigenvalue weighted by Crippen LogP contribution is 2.29. The van der Waals surface area contributed by atoms with Crippen LogP contribution in [0.15, 0.2) is 72.9 Å². The predicted octanol–water partition coefficient (Wildman–Crippen LogP) is 6.18. The molecule has 1 nitrogen and oxygen atoms in total. The van der Waals surface area contributed by atoms with Gasteiger partial charge in [0.05, 0.1) is 8.44 Å². The predicted molar refractivity (Wildman–Crippen MR) is 98.8 cm³/mol. The van der Waals surface area contributed by atoms with E-state index in [-0.39, 0.29) is 12.1 Å². The van der Waals surface area contributed by atoms with Gasteiger partial charge in [0.15, 0.2) is 0 Å². The lowest BCUT2D eigenvalue weighted by Gasteiger charge is -2.09. The molecule has 0 saturated heterocycles. The molecule has 0 atom stereocenters. The van der Waals surface area contributed by atoms with Crippen LogP contribution in [0.3, 0.4) is 0 Å². The molecule has 4 aromatic rings. The number of hydrogen-bond donors (Lipinski definition) is 0. The zero-order chi connectivity index (χ0) is 18.5. The first kappa shape index (κ1) is 11.0. The van der Waals surface area contributed by atoms with E-state index in [1.807, 2.05) is 68.4 Å². The van der Waals surface area contributed by atoms with Crippen molar-refractivity contribution in [2.24, 2.45) is 0 Å². The van der Waals surface area contributed by atoms with Crippen molar-refractivity contribution >= 4 is 21.5 Å². The van der Waals surface area contributed by atoms with Gasteiger partial charge in [-0.2, -0.15) is 0 Å². The second-order valence-electron chi connectivity index (χ2n) is 5.99. The van der Waals surface area contributed by atoms with Crippen LogP contribution in [-0.2, 0) is 0 Å². The van der Waals surface area contributed by atoms with E-state index in [1.54, 1.807) is 6.20 Å². The number of rotatable bonds is 2. The minimum atomic E-state index is -0.695. The highest BCUT2D eigenvalue weighted by molar-refractivity contribution is 6.08. The second kappa shape index (κ2) is 5.51. The molecule has 0 amide bonds. The Labute approximate surface area is 140 Å². The molecule has 0 aliphatic heterocycles. The molecule has 4 rings (SSSR count). The van der Waals surface area contributed by atoms with Crippen molar-refractivity contribution < 1.29 is 4.11 Å². The van der Waals surface area contributed by atoms with Gasteiger partial charge in [-0.3, -0.25) is 4.98 Å². The summed E-state index contributed by atoms with van der Waals surface area (Å²) >= 11 is 0. The summed E-state index contributed by atoms with van der Waals surface area (Å²) in [4.78, 5) is 4.45. The fraction of sp³-hybridized carbons (Fsp3) is 0.136. The summed E-state index contributed by atoms with van der Waals surface area (Å²) in [7, 11) is 0. The Morgan fingerprint density at radius 3 is 2.57 bits per heavy atom. The van der Waals surface area contributed by atoms with Crippen molar-refractivity contribution in [1.82, 2.24) is 4.98 Å².